The standard InChI is InChI=1S/C10H12ClN3O2S2/c11-9-1-2-10(17-9)18(15,16)14-7-5-13(4-3-12)6-8-14/h1-2H,4-8H2. The summed E-state index contributed by atoms with van der Waals surface area (Å²) in [5.41, 5.74) is 0. The Morgan fingerprint density at radius 2 is 2.00 bits per heavy atom. The lowest BCUT2D eigenvalue weighted by Crippen LogP contribution is -2.48. The van der Waals surface area contributed by atoms with E-state index in [1.165, 1.54) is 10.4 Å². The van der Waals surface area contributed by atoms with Gasteiger partial charge in [0.05, 0.1) is 17.0 Å². The molecule has 1 aliphatic rings. The molecule has 0 N–H and O–H groups in total. The van der Waals surface area contributed by atoms with Crippen LogP contribution < -0.4 is 0 Å². The zero-order valence-electron chi connectivity index (χ0n) is 9.54. The number of thiophene rings is 1. The van der Waals surface area contributed by atoms with Gasteiger partial charge in [0, 0.05) is 26.2 Å². The fraction of sp³-hybridized carbons (Fsp3) is 0.500. The first kappa shape index (κ1) is 13.8. The third kappa shape index (κ3) is 2.84. The number of rotatable bonds is 3. The number of halogens is 1. The van der Waals surface area contributed by atoms with Crippen molar-refractivity contribution in [2.24, 2.45) is 0 Å². The van der Waals surface area contributed by atoms with E-state index in [1.807, 2.05) is 4.90 Å². The molecule has 0 unspecified atom stereocenters. The molecule has 0 aliphatic carbocycles. The molecule has 18 heavy (non-hydrogen) atoms. The van der Waals surface area contributed by atoms with E-state index in [0.29, 0.717) is 37.1 Å². The molecule has 98 valence electrons. The van der Waals surface area contributed by atoms with Gasteiger partial charge in [-0.15, -0.1) is 11.3 Å². The van der Waals surface area contributed by atoms with Crippen LogP contribution in [0.5, 0.6) is 0 Å². The minimum Gasteiger partial charge on any atom is -0.288 e. The number of nitriles is 1. The van der Waals surface area contributed by atoms with Crippen LogP contribution in [0, 0.1) is 11.3 Å². The summed E-state index contributed by atoms with van der Waals surface area (Å²) in [6, 6.07) is 5.19. The van der Waals surface area contributed by atoms with E-state index in [2.05, 4.69) is 6.07 Å². The van der Waals surface area contributed by atoms with Crippen LogP contribution >= 0.6 is 22.9 Å². The van der Waals surface area contributed by atoms with Gasteiger partial charge in [0.1, 0.15) is 4.21 Å². The van der Waals surface area contributed by atoms with Gasteiger partial charge in [-0.2, -0.15) is 9.57 Å². The van der Waals surface area contributed by atoms with Gasteiger partial charge >= 0.3 is 0 Å². The van der Waals surface area contributed by atoms with Gasteiger partial charge in [-0.1, -0.05) is 11.6 Å². The van der Waals surface area contributed by atoms with E-state index in [9.17, 15) is 8.42 Å². The van der Waals surface area contributed by atoms with E-state index in [-0.39, 0.29) is 4.21 Å². The first-order valence-corrected chi connectivity index (χ1v) is 8.02. The number of piperazine rings is 1. The molecule has 0 aromatic carbocycles. The average Bonchev–Trinajstić information content (AvgIpc) is 2.78. The second-order valence-electron chi connectivity index (χ2n) is 3.90. The molecule has 5 nitrogen and oxygen atoms in total. The van der Waals surface area contributed by atoms with Crippen LogP contribution in [0.25, 0.3) is 0 Å². The fourth-order valence-corrected chi connectivity index (χ4v) is 4.85. The van der Waals surface area contributed by atoms with Crippen molar-refractivity contribution in [1.82, 2.24) is 9.21 Å². The molecule has 1 fully saturated rings. The normalized spacial score (nSPS) is 18.7. The quantitative estimate of drug-likeness (QED) is 0.788. The summed E-state index contributed by atoms with van der Waals surface area (Å²) in [6.45, 7) is 2.36. The summed E-state index contributed by atoms with van der Waals surface area (Å²) in [4.78, 5) is 1.94. The molecule has 1 aliphatic heterocycles. The van der Waals surface area contributed by atoms with Gasteiger partial charge in [0.2, 0.25) is 0 Å². The van der Waals surface area contributed by atoms with E-state index < -0.39 is 10.0 Å². The third-order valence-electron chi connectivity index (χ3n) is 2.77. The highest BCUT2D eigenvalue weighted by Gasteiger charge is 2.29. The van der Waals surface area contributed by atoms with Crippen LogP contribution in [0.2, 0.25) is 4.34 Å². The molecule has 8 heteroatoms. The molecule has 0 radical (unpaired) electrons. The minimum absolute atomic E-state index is 0.279. The van der Waals surface area contributed by atoms with Crippen molar-refractivity contribution in [2.45, 2.75) is 4.21 Å². The highest BCUT2D eigenvalue weighted by Crippen LogP contribution is 2.28. The molecule has 0 amide bonds. The molecule has 2 heterocycles. The molecule has 1 saturated heterocycles. The van der Waals surface area contributed by atoms with Crippen molar-refractivity contribution < 1.29 is 8.42 Å². The average molecular weight is 306 g/mol. The molecule has 0 spiro atoms. The maximum atomic E-state index is 12.3. The fourth-order valence-electron chi connectivity index (χ4n) is 1.79. The smallest absolute Gasteiger partial charge is 0.252 e. The van der Waals surface area contributed by atoms with Crippen LogP contribution in [0.4, 0.5) is 0 Å². The van der Waals surface area contributed by atoms with Crippen LogP contribution in [0.3, 0.4) is 0 Å². The van der Waals surface area contributed by atoms with E-state index in [1.54, 1.807) is 6.07 Å². The molecule has 1 aromatic heterocycles. The second kappa shape index (κ2) is 5.55. The predicted octanol–water partition coefficient (Wildman–Crippen LogP) is 1.23. The van der Waals surface area contributed by atoms with Crippen molar-refractivity contribution in [1.29, 1.82) is 5.26 Å². The van der Waals surface area contributed by atoms with Gasteiger partial charge in [-0.3, -0.25) is 4.90 Å². The number of nitrogens with zero attached hydrogens (tertiary/aromatic N) is 3. The Balaban J connectivity index is 2.07. The Bertz CT molecular complexity index is 556. The first-order valence-electron chi connectivity index (χ1n) is 5.39. The van der Waals surface area contributed by atoms with Crippen molar-refractivity contribution in [2.75, 3.05) is 32.7 Å². The zero-order valence-corrected chi connectivity index (χ0v) is 11.9. The highest BCUT2D eigenvalue weighted by molar-refractivity contribution is 7.91. The summed E-state index contributed by atoms with van der Waals surface area (Å²) in [5.74, 6) is 0. The lowest BCUT2D eigenvalue weighted by atomic mass is 10.4. The lowest BCUT2D eigenvalue weighted by Gasteiger charge is -2.32. The topological polar surface area (TPSA) is 64.4 Å². The Morgan fingerprint density at radius 1 is 1.33 bits per heavy atom. The largest absolute Gasteiger partial charge is 0.288 e. The molecule has 2 rings (SSSR count). The van der Waals surface area contributed by atoms with Crippen LogP contribution in [0.1, 0.15) is 0 Å². The minimum atomic E-state index is -3.42. The summed E-state index contributed by atoms with van der Waals surface area (Å²) in [7, 11) is -3.42. The Labute approximate surface area is 115 Å². The summed E-state index contributed by atoms with van der Waals surface area (Å²) in [6.07, 6.45) is 0. The zero-order chi connectivity index (χ0) is 13.2. The van der Waals surface area contributed by atoms with Crippen LogP contribution in [0.15, 0.2) is 16.3 Å². The van der Waals surface area contributed by atoms with E-state index in [0.717, 1.165) is 11.3 Å². The van der Waals surface area contributed by atoms with Gasteiger partial charge in [0.25, 0.3) is 10.0 Å². The maximum absolute atomic E-state index is 12.3. The summed E-state index contributed by atoms with van der Waals surface area (Å²) >= 11 is 6.83. The second-order valence-corrected chi connectivity index (χ2v) is 7.78. The Morgan fingerprint density at radius 3 is 2.50 bits per heavy atom. The van der Waals surface area contributed by atoms with Gasteiger partial charge in [-0.05, 0) is 12.1 Å². The van der Waals surface area contributed by atoms with Crippen molar-refractivity contribution in [3.05, 3.63) is 16.5 Å². The van der Waals surface area contributed by atoms with Gasteiger partial charge in [0.15, 0.2) is 0 Å². The van der Waals surface area contributed by atoms with Crippen molar-refractivity contribution in [3.8, 4) is 6.07 Å². The maximum Gasteiger partial charge on any atom is 0.252 e. The molecular weight excluding hydrogens is 294 g/mol. The number of hydrogen-bond donors (Lipinski definition) is 0. The molecule has 0 saturated carbocycles. The predicted molar refractivity (Wildman–Crippen MR) is 70.1 cm³/mol. The monoisotopic (exact) mass is 305 g/mol. The molecule has 1 aromatic rings. The van der Waals surface area contributed by atoms with Crippen LogP contribution in [-0.4, -0.2) is 50.3 Å². The first-order chi connectivity index (χ1) is 8.54. The Kier molecular flexibility index (Phi) is 4.25. The SMILES string of the molecule is N#CCN1CCN(S(=O)(=O)c2ccc(Cl)s2)CC1. The van der Waals surface area contributed by atoms with Gasteiger partial charge in [-0.25, -0.2) is 8.42 Å². The Hall–Kier alpha value is -0.650. The number of sulfonamides is 1. The molecular formula is C10H12ClN3O2S2. The van der Waals surface area contributed by atoms with Gasteiger partial charge < -0.3 is 0 Å². The third-order valence-corrected chi connectivity index (χ3v) is 6.37. The molecule has 0 atom stereocenters. The highest BCUT2D eigenvalue weighted by atomic mass is 35.5. The summed E-state index contributed by atoms with van der Waals surface area (Å²) in [5, 5.41) is 8.59. The lowest BCUT2D eigenvalue weighted by molar-refractivity contribution is 0.206. The number of hydrogen-bond acceptors (Lipinski definition) is 5. The van der Waals surface area contributed by atoms with Crippen LogP contribution in [-0.2, 0) is 10.0 Å². The summed E-state index contributed by atoms with van der Waals surface area (Å²) < 4.78 is 26.7. The van der Waals surface area contributed by atoms with E-state index in [4.69, 9.17) is 16.9 Å². The van der Waals surface area contributed by atoms with E-state index >= 15 is 0 Å². The van der Waals surface area contributed by atoms with Crippen molar-refractivity contribution in [3.63, 3.8) is 0 Å². The van der Waals surface area contributed by atoms with Crippen molar-refractivity contribution >= 4 is 33.0 Å². The molecule has 0 bridgehead atoms.